The molecule has 2 aliphatic rings. The average molecular weight is 617 g/mol. The van der Waals surface area contributed by atoms with E-state index in [2.05, 4.69) is 27.0 Å². The van der Waals surface area contributed by atoms with E-state index in [-0.39, 0.29) is 22.2 Å². The first-order valence-corrected chi connectivity index (χ1v) is 16.5. The molecule has 44 heavy (non-hydrogen) atoms. The first-order valence-electron chi connectivity index (χ1n) is 15.1. The number of ether oxygens (including phenoxy) is 1. The molecule has 0 saturated carbocycles. The fourth-order valence-electron chi connectivity index (χ4n) is 6.93. The predicted molar refractivity (Wildman–Crippen MR) is 172 cm³/mol. The molecule has 6 rings (SSSR count). The van der Waals surface area contributed by atoms with Gasteiger partial charge in [0, 0.05) is 63.9 Å². The smallest absolute Gasteiger partial charge is 0.266 e. The van der Waals surface area contributed by atoms with E-state index in [9.17, 15) is 13.2 Å². The van der Waals surface area contributed by atoms with Crippen LogP contribution in [0.4, 0.5) is 11.6 Å². The van der Waals surface area contributed by atoms with Crippen molar-refractivity contribution in [2.75, 3.05) is 49.5 Å². The maximum Gasteiger partial charge on any atom is 0.266 e. The number of carbonyl (C=O) groups is 1. The molecule has 1 spiro atoms. The number of fused-ring (bicyclic) bond motifs is 1. The van der Waals surface area contributed by atoms with Crippen LogP contribution in [0.2, 0.25) is 0 Å². The number of rotatable bonds is 6. The third kappa shape index (κ3) is 5.27. The Morgan fingerprint density at radius 2 is 1.55 bits per heavy atom. The number of piperidine rings is 2. The van der Waals surface area contributed by atoms with E-state index in [1.165, 1.54) is 17.0 Å². The van der Waals surface area contributed by atoms with Gasteiger partial charge in [-0.25, -0.2) is 17.7 Å². The van der Waals surface area contributed by atoms with Crippen LogP contribution in [0.3, 0.4) is 0 Å². The lowest BCUT2D eigenvalue weighted by Gasteiger charge is -2.47. The Bertz CT molecular complexity index is 1780. The summed E-state index contributed by atoms with van der Waals surface area (Å²) in [5.74, 6) is 0.887. The molecular formula is C33H40N6O4S. The van der Waals surface area contributed by atoms with Crippen LogP contribution in [-0.4, -0.2) is 74.1 Å². The Kier molecular flexibility index (Phi) is 7.77. The van der Waals surface area contributed by atoms with Gasteiger partial charge in [-0.1, -0.05) is 0 Å². The Labute approximate surface area is 259 Å². The molecule has 11 heteroatoms. The number of hydrogen-bond donors (Lipinski definition) is 0. The quantitative estimate of drug-likeness (QED) is 0.303. The zero-order valence-corrected chi connectivity index (χ0v) is 26.9. The molecular weight excluding hydrogens is 576 g/mol. The minimum absolute atomic E-state index is 0.00387. The number of benzene rings is 2. The van der Waals surface area contributed by atoms with E-state index in [1.54, 1.807) is 56.8 Å². The van der Waals surface area contributed by atoms with Gasteiger partial charge in [0.1, 0.15) is 5.75 Å². The first-order chi connectivity index (χ1) is 21.0. The minimum Gasteiger partial charge on any atom is -0.497 e. The number of sulfonamides is 1. The number of carbonyl (C=O) groups excluding carboxylic acids is 1. The Hall–Kier alpha value is -4.12. The van der Waals surface area contributed by atoms with Gasteiger partial charge in [-0.3, -0.25) is 9.78 Å². The van der Waals surface area contributed by atoms with E-state index in [0.29, 0.717) is 33.5 Å². The van der Waals surface area contributed by atoms with E-state index in [4.69, 9.17) is 4.74 Å². The molecule has 0 unspecified atom stereocenters. The number of anilines is 2. The van der Waals surface area contributed by atoms with Crippen LogP contribution in [0.5, 0.6) is 5.75 Å². The highest BCUT2D eigenvalue weighted by atomic mass is 32.2. The number of amides is 1. The van der Waals surface area contributed by atoms with Crippen molar-refractivity contribution in [2.45, 2.75) is 44.4 Å². The van der Waals surface area contributed by atoms with E-state index >= 15 is 0 Å². The zero-order chi connectivity index (χ0) is 31.2. The summed E-state index contributed by atoms with van der Waals surface area (Å²) >= 11 is 0. The number of methoxy groups -OCH3 is 1. The molecule has 2 fully saturated rings. The predicted octanol–water partition coefficient (Wildman–Crippen LogP) is 4.94. The van der Waals surface area contributed by atoms with Crippen LogP contribution in [0, 0.1) is 19.3 Å². The fourth-order valence-corrected chi connectivity index (χ4v) is 8.52. The lowest BCUT2D eigenvalue weighted by atomic mass is 9.71. The Balaban J connectivity index is 1.17. The van der Waals surface area contributed by atoms with Crippen molar-refractivity contribution in [3.05, 3.63) is 71.5 Å². The molecule has 4 heterocycles. The van der Waals surface area contributed by atoms with Gasteiger partial charge in [-0.2, -0.15) is 0 Å². The van der Waals surface area contributed by atoms with Crippen LogP contribution in [0.15, 0.2) is 59.8 Å². The molecule has 0 bridgehead atoms. The number of nitrogens with zero attached hydrogens (tertiary/aromatic N) is 6. The summed E-state index contributed by atoms with van der Waals surface area (Å²) in [6, 6.07) is 13.0. The highest BCUT2D eigenvalue weighted by molar-refractivity contribution is 7.92. The molecule has 2 aromatic carbocycles. The number of aryl methyl sites for hydroxylation is 3. The van der Waals surface area contributed by atoms with E-state index < -0.39 is 10.0 Å². The number of pyridine rings is 1. The number of imidazole rings is 1. The molecule has 0 N–H and O–H groups in total. The van der Waals surface area contributed by atoms with E-state index in [1.807, 2.05) is 23.4 Å². The summed E-state index contributed by atoms with van der Waals surface area (Å²) in [5.41, 5.74) is 4.63. The Morgan fingerprint density at radius 1 is 0.932 bits per heavy atom. The largest absolute Gasteiger partial charge is 0.497 e. The van der Waals surface area contributed by atoms with Crippen molar-refractivity contribution in [1.29, 1.82) is 0 Å². The minimum atomic E-state index is -3.91. The standard InChI is InChI=1S/C33H40N6O4S/c1-23-20-27(43-5)21-24(2)30(23)44(41,42)37(4)32-35-28-7-6-25(22-29(28)36(32)3)31(40)39-18-12-33(13-19-39)10-16-38(17-11-33)26-8-14-34-15-9-26/h6-9,14-15,20-22H,10-13,16-19H2,1-5H3. The number of hydrogen-bond acceptors (Lipinski definition) is 7. The molecule has 10 nitrogen and oxygen atoms in total. The van der Waals surface area contributed by atoms with Gasteiger partial charge in [-0.15, -0.1) is 0 Å². The second-order valence-electron chi connectivity index (χ2n) is 12.2. The summed E-state index contributed by atoms with van der Waals surface area (Å²) in [5, 5.41) is 0. The lowest BCUT2D eigenvalue weighted by molar-refractivity contribution is 0.0515. The monoisotopic (exact) mass is 616 g/mol. The molecule has 1 amide bonds. The van der Waals surface area contributed by atoms with Gasteiger partial charge in [0.2, 0.25) is 5.95 Å². The average Bonchev–Trinajstić information content (AvgIpc) is 3.36. The summed E-state index contributed by atoms with van der Waals surface area (Å²) in [7, 11) is 0.937. The van der Waals surface area contributed by atoms with Crippen molar-refractivity contribution in [3.8, 4) is 5.75 Å². The molecule has 0 aliphatic carbocycles. The molecule has 2 aliphatic heterocycles. The summed E-state index contributed by atoms with van der Waals surface area (Å²) in [4.78, 5) is 27.1. The normalized spacial score (nSPS) is 16.8. The lowest BCUT2D eigenvalue weighted by Crippen LogP contribution is -2.48. The van der Waals surface area contributed by atoms with Gasteiger partial charge >= 0.3 is 0 Å². The van der Waals surface area contributed by atoms with Crippen molar-refractivity contribution < 1.29 is 17.9 Å². The van der Waals surface area contributed by atoms with Gasteiger partial charge < -0.3 is 19.1 Å². The van der Waals surface area contributed by atoms with Crippen LogP contribution in [-0.2, 0) is 17.1 Å². The third-order valence-electron chi connectivity index (χ3n) is 9.64. The summed E-state index contributed by atoms with van der Waals surface area (Å²) in [6.07, 6.45) is 7.97. The molecule has 2 aromatic heterocycles. The highest BCUT2D eigenvalue weighted by Gasteiger charge is 2.39. The maximum absolute atomic E-state index is 13.8. The zero-order valence-electron chi connectivity index (χ0n) is 26.1. The molecule has 0 atom stereocenters. The molecule has 0 radical (unpaired) electrons. The van der Waals surface area contributed by atoms with Crippen LogP contribution >= 0.6 is 0 Å². The number of aromatic nitrogens is 3. The maximum atomic E-state index is 13.8. The van der Waals surface area contributed by atoms with Crippen LogP contribution in [0.1, 0.15) is 47.2 Å². The van der Waals surface area contributed by atoms with Gasteiger partial charge in [-0.05, 0) is 98.5 Å². The number of likely N-dealkylation sites (tertiary alicyclic amines) is 1. The molecule has 232 valence electrons. The molecule has 2 saturated heterocycles. The van der Waals surface area contributed by atoms with Gasteiger partial charge in [0.05, 0.1) is 23.0 Å². The van der Waals surface area contributed by atoms with Crippen molar-refractivity contribution >= 4 is 38.6 Å². The van der Waals surface area contributed by atoms with Crippen molar-refractivity contribution in [3.63, 3.8) is 0 Å². The second kappa shape index (κ2) is 11.4. The van der Waals surface area contributed by atoms with E-state index in [0.717, 1.165) is 51.9 Å². The fraction of sp³-hybridized carbons (Fsp3) is 0.424. The summed E-state index contributed by atoms with van der Waals surface area (Å²) < 4.78 is 35.8. The summed E-state index contributed by atoms with van der Waals surface area (Å²) in [6.45, 7) is 7.06. The van der Waals surface area contributed by atoms with Crippen molar-refractivity contribution in [2.24, 2.45) is 12.5 Å². The second-order valence-corrected chi connectivity index (χ2v) is 14.1. The van der Waals surface area contributed by atoms with Crippen LogP contribution in [0.25, 0.3) is 11.0 Å². The topological polar surface area (TPSA) is 101 Å². The van der Waals surface area contributed by atoms with Crippen molar-refractivity contribution in [1.82, 2.24) is 19.4 Å². The first kappa shape index (κ1) is 29.9. The molecule has 4 aromatic rings. The highest BCUT2D eigenvalue weighted by Crippen LogP contribution is 2.42. The van der Waals surface area contributed by atoms with Gasteiger partial charge in [0.25, 0.3) is 15.9 Å². The third-order valence-corrected chi connectivity index (χ3v) is 11.7. The van der Waals surface area contributed by atoms with Gasteiger partial charge in [0.15, 0.2) is 0 Å². The van der Waals surface area contributed by atoms with Crippen LogP contribution < -0.4 is 13.9 Å². The SMILES string of the molecule is COc1cc(C)c(S(=O)(=O)N(C)c2nc3ccc(C(=O)N4CCC5(CC4)CCN(c4ccncc4)CC5)cc3n2C)c(C)c1. The Morgan fingerprint density at radius 3 is 2.16 bits per heavy atom.